The van der Waals surface area contributed by atoms with Crippen molar-refractivity contribution in [2.24, 2.45) is 0 Å². The first-order valence-electron chi connectivity index (χ1n) is 6.63. The van der Waals surface area contributed by atoms with Crippen LogP contribution in [0.15, 0.2) is 40.8 Å². The van der Waals surface area contributed by atoms with Gasteiger partial charge in [0.25, 0.3) is 0 Å². The second-order valence-corrected chi connectivity index (χ2v) is 4.90. The Morgan fingerprint density at radius 3 is 2.76 bits per heavy atom. The van der Waals surface area contributed by atoms with Crippen molar-refractivity contribution in [2.75, 3.05) is 0 Å². The van der Waals surface area contributed by atoms with Gasteiger partial charge in [-0.2, -0.15) is 5.26 Å². The molecule has 0 N–H and O–H groups in total. The molecular formula is C17H13NO3. The summed E-state index contributed by atoms with van der Waals surface area (Å²) in [5.41, 5.74) is 1.40. The number of furan rings is 1. The Morgan fingerprint density at radius 1 is 1.24 bits per heavy atom. The normalized spacial score (nSPS) is 12.2. The number of nitrogens with zero attached hydrogens (tertiary/aromatic N) is 1. The SMILES string of the molecule is Cc1c(C(=O)O[C@H](C)C#N)oc2c1ccc1ccccc12. The Bertz CT molecular complexity index is 886. The quantitative estimate of drug-likeness (QED) is 0.666. The van der Waals surface area contributed by atoms with E-state index < -0.39 is 12.1 Å². The molecule has 104 valence electrons. The topological polar surface area (TPSA) is 63.2 Å². The average molecular weight is 279 g/mol. The van der Waals surface area contributed by atoms with E-state index in [9.17, 15) is 4.79 Å². The molecule has 4 heteroatoms. The maximum atomic E-state index is 12.1. The predicted octanol–water partition coefficient (Wildman–Crippen LogP) is 3.96. The van der Waals surface area contributed by atoms with E-state index in [1.54, 1.807) is 0 Å². The van der Waals surface area contributed by atoms with Crippen LogP contribution >= 0.6 is 0 Å². The number of nitriles is 1. The number of fused-ring (bicyclic) bond motifs is 3. The lowest BCUT2D eigenvalue weighted by Crippen LogP contribution is -2.13. The van der Waals surface area contributed by atoms with E-state index in [1.807, 2.05) is 49.4 Å². The third kappa shape index (κ3) is 2.13. The Hall–Kier alpha value is -2.80. The summed E-state index contributed by atoms with van der Waals surface area (Å²) in [6, 6.07) is 13.6. The van der Waals surface area contributed by atoms with Crippen molar-refractivity contribution >= 4 is 27.7 Å². The van der Waals surface area contributed by atoms with Gasteiger partial charge in [-0.3, -0.25) is 0 Å². The monoisotopic (exact) mass is 279 g/mol. The maximum absolute atomic E-state index is 12.1. The zero-order valence-electron chi connectivity index (χ0n) is 11.7. The molecule has 21 heavy (non-hydrogen) atoms. The van der Waals surface area contributed by atoms with Crippen molar-refractivity contribution < 1.29 is 13.9 Å². The molecule has 0 unspecified atom stereocenters. The Morgan fingerprint density at radius 2 is 2.00 bits per heavy atom. The van der Waals surface area contributed by atoms with Gasteiger partial charge in [0.1, 0.15) is 11.7 Å². The molecule has 1 heterocycles. The van der Waals surface area contributed by atoms with Crippen LogP contribution in [0.5, 0.6) is 0 Å². The second-order valence-electron chi connectivity index (χ2n) is 4.90. The largest absolute Gasteiger partial charge is 0.448 e. The molecule has 3 aromatic rings. The fourth-order valence-electron chi connectivity index (χ4n) is 2.38. The molecule has 1 aromatic heterocycles. The predicted molar refractivity (Wildman–Crippen MR) is 78.9 cm³/mol. The Balaban J connectivity index is 2.18. The lowest BCUT2D eigenvalue weighted by Gasteiger charge is -2.03. The van der Waals surface area contributed by atoms with Crippen LogP contribution in [0.2, 0.25) is 0 Å². The smallest absolute Gasteiger partial charge is 0.375 e. The van der Waals surface area contributed by atoms with Gasteiger partial charge in [0, 0.05) is 16.3 Å². The van der Waals surface area contributed by atoms with Crippen molar-refractivity contribution in [1.29, 1.82) is 5.26 Å². The van der Waals surface area contributed by atoms with Crippen LogP contribution in [-0.4, -0.2) is 12.1 Å². The highest BCUT2D eigenvalue weighted by molar-refractivity contribution is 6.08. The number of hydrogen-bond donors (Lipinski definition) is 0. The number of carbonyl (C=O) groups excluding carboxylic acids is 1. The molecule has 0 fully saturated rings. The summed E-state index contributed by atoms with van der Waals surface area (Å²) in [6.45, 7) is 3.33. The molecule has 0 bridgehead atoms. The first kappa shape index (κ1) is 13.2. The van der Waals surface area contributed by atoms with Crippen molar-refractivity contribution in [2.45, 2.75) is 20.0 Å². The van der Waals surface area contributed by atoms with Crippen LogP contribution in [0.25, 0.3) is 21.7 Å². The highest BCUT2D eigenvalue weighted by atomic mass is 16.6. The third-order valence-electron chi connectivity index (χ3n) is 3.48. The number of hydrogen-bond acceptors (Lipinski definition) is 4. The van der Waals surface area contributed by atoms with Gasteiger partial charge < -0.3 is 9.15 Å². The zero-order chi connectivity index (χ0) is 15.0. The van der Waals surface area contributed by atoms with Gasteiger partial charge in [-0.1, -0.05) is 36.4 Å². The number of rotatable bonds is 2. The van der Waals surface area contributed by atoms with E-state index in [2.05, 4.69) is 0 Å². The first-order valence-corrected chi connectivity index (χ1v) is 6.63. The number of benzene rings is 2. The minimum absolute atomic E-state index is 0.156. The summed E-state index contributed by atoms with van der Waals surface area (Å²) in [4.78, 5) is 12.1. The van der Waals surface area contributed by atoms with E-state index in [0.717, 1.165) is 21.7 Å². The average Bonchev–Trinajstić information content (AvgIpc) is 2.85. The summed E-state index contributed by atoms with van der Waals surface area (Å²) >= 11 is 0. The summed E-state index contributed by atoms with van der Waals surface area (Å²) in [5.74, 6) is -0.453. The second kappa shape index (κ2) is 4.95. The van der Waals surface area contributed by atoms with E-state index in [1.165, 1.54) is 6.92 Å². The highest BCUT2D eigenvalue weighted by Crippen LogP contribution is 2.32. The minimum atomic E-state index is -0.804. The summed E-state index contributed by atoms with van der Waals surface area (Å²) < 4.78 is 10.7. The van der Waals surface area contributed by atoms with Crippen LogP contribution in [0, 0.1) is 18.3 Å². The summed E-state index contributed by atoms with van der Waals surface area (Å²) in [5, 5.41) is 11.6. The van der Waals surface area contributed by atoms with Gasteiger partial charge in [0.05, 0.1) is 0 Å². The highest BCUT2D eigenvalue weighted by Gasteiger charge is 2.21. The van der Waals surface area contributed by atoms with Gasteiger partial charge in [-0.25, -0.2) is 4.79 Å². The van der Waals surface area contributed by atoms with Crippen LogP contribution in [-0.2, 0) is 4.74 Å². The molecule has 0 saturated carbocycles. The van der Waals surface area contributed by atoms with E-state index in [4.69, 9.17) is 14.4 Å². The van der Waals surface area contributed by atoms with Gasteiger partial charge in [-0.05, 0) is 19.2 Å². The van der Waals surface area contributed by atoms with Crippen molar-refractivity contribution in [1.82, 2.24) is 0 Å². The van der Waals surface area contributed by atoms with E-state index in [-0.39, 0.29) is 5.76 Å². The van der Waals surface area contributed by atoms with Crippen molar-refractivity contribution in [3.05, 3.63) is 47.7 Å². The van der Waals surface area contributed by atoms with Crippen molar-refractivity contribution in [3.63, 3.8) is 0 Å². The van der Waals surface area contributed by atoms with Gasteiger partial charge in [0.2, 0.25) is 5.76 Å². The molecule has 0 amide bonds. The molecular weight excluding hydrogens is 266 g/mol. The molecule has 2 aromatic carbocycles. The van der Waals surface area contributed by atoms with Crippen molar-refractivity contribution in [3.8, 4) is 6.07 Å². The fourth-order valence-corrected chi connectivity index (χ4v) is 2.38. The Kier molecular flexibility index (Phi) is 3.11. The lowest BCUT2D eigenvalue weighted by atomic mass is 10.1. The number of aryl methyl sites for hydroxylation is 1. The number of ether oxygens (including phenoxy) is 1. The molecule has 0 aliphatic carbocycles. The third-order valence-corrected chi connectivity index (χ3v) is 3.48. The molecule has 0 radical (unpaired) electrons. The zero-order valence-corrected chi connectivity index (χ0v) is 11.7. The first-order chi connectivity index (χ1) is 10.1. The molecule has 3 rings (SSSR count). The molecule has 1 atom stereocenters. The maximum Gasteiger partial charge on any atom is 0.375 e. The Labute approximate surface area is 121 Å². The summed E-state index contributed by atoms with van der Waals surface area (Å²) in [7, 11) is 0. The molecule has 4 nitrogen and oxygen atoms in total. The van der Waals surface area contributed by atoms with Crippen LogP contribution in [0.1, 0.15) is 23.0 Å². The van der Waals surface area contributed by atoms with Gasteiger partial charge >= 0.3 is 5.97 Å². The van der Waals surface area contributed by atoms with Gasteiger partial charge in [-0.15, -0.1) is 0 Å². The molecule has 0 aliphatic heterocycles. The van der Waals surface area contributed by atoms with E-state index in [0.29, 0.717) is 5.58 Å². The van der Waals surface area contributed by atoms with Crippen LogP contribution in [0.4, 0.5) is 0 Å². The van der Waals surface area contributed by atoms with Gasteiger partial charge in [0.15, 0.2) is 6.10 Å². The standard InChI is InChI=1S/C17H13NO3/c1-10(9-18)20-17(19)15-11(2)13-8-7-12-5-3-4-6-14(12)16(13)21-15/h3-8,10H,1-2H3/t10-/m1/s1. The number of carbonyl (C=O) groups is 1. The fraction of sp³-hybridized carbons (Fsp3) is 0.176. The number of esters is 1. The molecule has 0 saturated heterocycles. The van der Waals surface area contributed by atoms with E-state index >= 15 is 0 Å². The van der Waals surface area contributed by atoms with Crippen LogP contribution < -0.4 is 0 Å². The minimum Gasteiger partial charge on any atom is -0.448 e. The lowest BCUT2D eigenvalue weighted by molar-refractivity contribution is 0.0400. The molecule has 0 spiro atoms. The molecule has 0 aliphatic rings. The summed E-state index contributed by atoms with van der Waals surface area (Å²) in [6.07, 6.45) is -0.804. The van der Waals surface area contributed by atoms with Crippen LogP contribution in [0.3, 0.4) is 0 Å².